The largest absolute Gasteiger partial charge is 0.463 e. The van der Waals surface area contributed by atoms with Gasteiger partial charge >= 0.3 is 0 Å². The number of hydrogen-bond donors (Lipinski definition) is 0. The lowest BCUT2D eigenvalue weighted by Gasteiger charge is -2.33. The van der Waals surface area contributed by atoms with Crippen molar-refractivity contribution in [1.82, 2.24) is 0 Å². The fourth-order valence-corrected chi connectivity index (χ4v) is 3.72. The molecule has 2 fully saturated rings. The molecule has 0 bridgehead atoms. The van der Waals surface area contributed by atoms with E-state index in [-0.39, 0.29) is 24.4 Å². The third-order valence-corrected chi connectivity index (χ3v) is 4.88. The zero-order valence-electron chi connectivity index (χ0n) is 15.4. The van der Waals surface area contributed by atoms with Gasteiger partial charge in [-0.25, -0.2) is 0 Å². The Bertz CT molecular complexity index is 693. The average molecular weight is 346 g/mol. The van der Waals surface area contributed by atoms with Gasteiger partial charge in [-0.05, 0) is 32.4 Å². The van der Waals surface area contributed by atoms with Crippen LogP contribution in [0.1, 0.15) is 45.7 Å². The van der Waals surface area contributed by atoms with Crippen molar-refractivity contribution in [3.05, 3.63) is 35.4 Å². The first-order valence-electron chi connectivity index (χ1n) is 8.88. The smallest absolute Gasteiger partial charge is 0.205 e. The number of ether oxygens (including phenoxy) is 5. The molecule has 0 aromatic heterocycles. The van der Waals surface area contributed by atoms with Gasteiger partial charge in [0.15, 0.2) is 5.79 Å². The third-order valence-electron chi connectivity index (χ3n) is 4.88. The molecule has 0 radical (unpaired) electrons. The molecule has 0 aliphatic carbocycles. The van der Waals surface area contributed by atoms with Crippen molar-refractivity contribution in [2.24, 2.45) is 0 Å². The molecule has 5 heteroatoms. The van der Waals surface area contributed by atoms with E-state index in [0.717, 1.165) is 16.9 Å². The fourth-order valence-electron chi connectivity index (χ4n) is 3.72. The van der Waals surface area contributed by atoms with Crippen molar-refractivity contribution >= 4 is 6.08 Å². The molecule has 4 rings (SSSR count). The number of hydrogen-bond acceptors (Lipinski definition) is 5. The summed E-state index contributed by atoms with van der Waals surface area (Å²) < 4.78 is 29.7. The maximum Gasteiger partial charge on any atom is 0.205 e. The molecular weight excluding hydrogens is 320 g/mol. The monoisotopic (exact) mass is 346 g/mol. The van der Waals surface area contributed by atoms with Gasteiger partial charge in [-0.3, -0.25) is 0 Å². The summed E-state index contributed by atoms with van der Waals surface area (Å²) in [7, 11) is 0. The Hall–Kier alpha value is -1.40. The SMILES string of the molecule is C[C@@H]1O[C@H](/C=C/c2cccc3c2COC(C)(C)O3)[C@H]2OC(C)(C)O[C@H]21. The second-order valence-electron chi connectivity index (χ2n) is 7.84. The number of fused-ring (bicyclic) bond motifs is 2. The van der Waals surface area contributed by atoms with Gasteiger partial charge in [0.2, 0.25) is 5.79 Å². The van der Waals surface area contributed by atoms with Crippen LogP contribution in [0.25, 0.3) is 6.08 Å². The van der Waals surface area contributed by atoms with Gasteiger partial charge in [0.05, 0.1) is 12.7 Å². The number of rotatable bonds is 2. The van der Waals surface area contributed by atoms with Gasteiger partial charge < -0.3 is 23.7 Å². The minimum absolute atomic E-state index is 0.0126. The van der Waals surface area contributed by atoms with E-state index in [0.29, 0.717) is 6.61 Å². The van der Waals surface area contributed by atoms with Gasteiger partial charge in [-0.2, -0.15) is 0 Å². The second kappa shape index (κ2) is 5.81. The molecule has 4 atom stereocenters. The summed E-state index contributed by atoms with van der Waals surface area (Å²) in [6.45, 7) is 10.3. The minimum Gasteiger partial charge on any atom is -0.463 e. The molecule has 0 unspecified atom stereocenters. The van der Waals surface area contributed by atoms with Crippen LogP contribution < -0.4 is 4.74 Å². The second-order valence-corrected chi connectivity index (χ2v) is 7.84. The van der Waals surface area contributed by atoms with Crippen molar-refractivity contribution in [2.45, 2.75) is 77.2 Å². The van der Waals surface area contributed by atoms with Crippen LogP contribution in [-0.4, -0.2) is 36.0 Å². The van der Waals surface area contributed by atoms with Crippen LogP contribution in [0.2, 0.25) is 0 Å². The van der Waals surface area contributed by atoms with Crippen LogP contribution in [0.15, 0.2) is 24.3 Å². The highest BCUT2D eigenvalue weighted by Crippen LogP contribution is 2.39. The Morgan fingerprint density at radius 1 is 1.04 bits per heavy atom. The van der Waals surface area contributed by atoms with Gasteiger partial charge in [-0.15, -0.1) is 0 Å². The van der Waals surface area contributed by atoms with Gasteiger partial charge in [0, 0.05) is 19.4 Å². The Kier molecular flexibility index (Phi) is 3.96. The van der Waals surface area contributed by atoms with E-state index in [4.69, 9.17) is 23.7 Å². The first-order valence-corrected chi connectivity index (χ1v) is 8.88. The minimum atomic E-state index is -0.590. The molecule has 3 heterocycles. The van der Waals surface area contributed by atoms with E-state index in [9.17, 15) is 0 Å². The van der Waals surface area contributed by atoms with Crippen LogP contribution in [0.4, 0.5) is 0 Å². The zero-order valence-corrected chi connectivity index (χ0v) is 15.4. The van der Waals surface area contributed by atoms with E-state index >= 15 is 0 Å². The molecule has 1 aromatic carbocycles. The summed E-state index contributed by atoms with van der Waals surface area (Å²) in [5.74, 6) is -0.273. The van der Waals surface area contributed by atoms with Crippen molar-refractivity contribution in [2.75, 3.05) is 0 Å². The summed E-state index contributed by atoms with van der Waals surface area (Å²) in [5, 5.41) is 0. The van der Waals surface area contributed by atoms with Gasteiger partial charge in [0.1, 0.15) is 24.1 Å². The molecule has 136 valence electrons. The fraction of sp³-hybridized carbons (Fsp3) is 0.600. The standard InChI is InChI=1S/C20H26O5/c1-12-17-18(25-20(4,5)24-17)16(22-12)10-9-13-7-6-8-15-14(13)11-21-19(2,3)23-15/h6-10,12,16-18H,11H2,1-5H3/b10-9+/t12-,16+,17-,18+/m0/s1. The molecule has 0 amide bonds. The molecule has 2 saturated heterocycles. The molecule has 25 heavy (non-hydrogen) atoms. The topological polar surface area (TPSA) is 46.2 Å². The maximum absolute atomic E-state index is 6.04. The zero-order chi connectivity index (χ0) is 17.8. The Morgan fingerprint density at radius 3 is 2.60 bits per heavy atom. The highest BCUT2D eigenvalue weighted by atomic mass is 16.8. The molecule has 3 aliphatic heterocycles. The highest BCUT2D eigenvalue weighted by molar-refractivity contribution is 5.58. The quantitative estimate of drug-likeness (QED) is 0.818. The van der Waals surface area contributed by atoms with Crippen LogP contribution >= 0.6 is 0 Å². The lowest BCUT2D eigenvalue weighted by molar-refractivity contribution is -0.180. The van der Waals surface area contributed by atoms with E-state index in [1.807, 2.05) is 46.8 Å². The van der Waals surface area contributed by atoms with Crippen LogP contribution in [-0.2, 0) is 25.6 Å². The Balaban J connectivity index is 1.55. The molecule has 3 aliphatic rings. The normalized spacial score (nSPS) is 35.4. The molecule has 0 spiro atoms. The average Bonchev–Trinajstić information content (AvgIpc) is 2.98. The van der Waals surface area contributed by atoms with E-state index in [1.165, 1.54) is 0 Å². The summed E-state index contributed by atoms with van der Waals surface area (Å²) in [6, 6.07) is 6.04. The third kappa shape index (κ3) is 3.22. The van der Waals surface area contributed by atoms with Crippen molar-refractivity contribution in [3.63, 3.8) is 0 Å². The molecular formula is C20H26O5. The van der Waals surface area contributed by atoms with Crippen molar-refractivity contribution in [3.8, 4) is 5.75 Å². The van der Waals surface area contributed by atoms with E-state index < -0.39 is 11.6 Å². The predicted octanol–water partition coefficient (Wildman–Crippen LogP) is 3.65. The lowest BCUT2D eigenvalue weighted by atomic mass is 10.0. The summed E-state index contributed by atoms with van der Waals surface area (Å²) in [6.07, 6.45) is 3.91. The highest BCUT2D eigenvalue weighted by Gasteiger charge is 2.52. The predicted molar refractivity (Wildman–Crippen MR) is 93.1 cm³/mol. The number of benzene rings is 1. The molecule has 0 N–H and O–H groups in total. The van der Waals surface area contributed by atoms with Crippen molar-refractivity contribution < 1.29 is 23.7 Å². The lowest BCUT2D eigenvalue weighted by Crippen LogP contribution is -2.35. The van der Waals surface area contributed by atoms with Gasteiger partial charge in [-0.1, -0.05) is 24.3 Å². The van der Waals surface area contributed by atoms with Crippen LogP contribution in [0.3, 0.4) is 0 Å². The van der Waals surface area contributed by atoms with Gasteiger partial charge in [0.25, 0.3) is 0 Å². The summed E-state index contributed by atoms with van der Waals surface area (Å²) in [4.78, 5) is 0. The summed E-state index contributed by atoms with van der Waals surface area (Å²) >= 11 is 0. The first kappa shape index (κ1) is 17.0. The maximum atomic E-state index is 6.04. The van der Waals surface area contributed by atoms with Crippen molar-refractivity contribution in [1.29, 1.82) is 0 Å². The molecule has 0 saturated carbocycles. The van der Waals surface area contributed by atoms with E-state index in [1.54, 1.807) is 0 Å². The first-order chi connectivity index (χ1) is 11.7. The Morgan fingerprint density at radius 2 is 1.80 bits per heavy atom. The molecule has 1 aromatic rings. The summed E-state index contributed by atoms with van der Waals surface area (Å²) in [5.41, 5.74) is 2.13. The van der Waals surface area contributed by atoms with Crippen LogP contribution in [0.5, 0.6) is 5.75 Å². The van der Waals surface area contributed by atoms with E-state index in [2.05, 4.69) is 18.2 Å². The van der Waals surface area contributed by atoms with Crippen LogP contribution in [0, 0.1) is 0 Å². The molecule has 5 nitrogen and oxygen atoms in total. The Labute approximate surface area is 148 Å².